The summed E-state index contributed by atoms with van der Waals surface area (Å²) < 4.78 is 0. The smallest absolute Gasteiger partial charge is 0.176 e. The maximum Gasteiger partial charge on any atom is 0.176 e. The van der Waals surface area contributed by atoms with Crippen LogP contribution in [0.1, 0.15) is 43.5 Å². The number of hydrogen-bond acceptors (Lipinski definition) is 4. The molecule has 0 unspecified atom stereocenters. The van der Waals surface area contributed by atoms with E-state index in [1.807, 2.05) is 44.2 Å². The molecule has 3 nitrogen and oxygen atoms in total. The summed E-state index contributed by atoms with van der Waals surface area (Å²) in [4.78, 5) is 15.4. The summed E-state index contributed by atoms with van der Waals surface area (Å²) in [6, 6.07) is 16.3. The second-order valence-electron chi connectivity index (χ2n) is 6.95. The predicted molar refractivity (Wildman–Crippen MR) is 115 cm³/mol. The SMILES string of the molecule is CC.O=C(CN1C[C@H]2CCC[C@H]2C1)c1ccc(O)cc1.Sc1ccccc1. The molecule has 27 heavy (non-hydrogen) atoms. The number of ketones is 1. The number of aromatic hydroxyl groups is 1. The van der Waals surface area contributed by atoms with Gasteiger partial charge in [0.05, 0.1) is 6.54 Å². The first-order valence-corrected chi connectivity index (χ1v) is 10.3. The summed E-state index contributed by atoms with van der Waals surface area (Å²) in [6.45, 7) is 6.71. The Hall–Kier alpha value is -1.78. The minimum absolute atomic E-state index is 0.162. The van der Waals surface area contributed by atoms with Crippen molar-refractivity contribution in [3.05, 3.63) is 60.2 Å². The number of phenolic OH excluding ortho intramolecular Hbond substituents is 1. The number of likely N-dealkylation sites (tertiary alicyclic amines) is 1. The van der Waals surface area contributed by atoms with Crippen LogP contribution < -0.4 is 0 Å². The lowest BCUT2D eigenvalue weighted by Crippen LogP contribution is -2.28. The van der Waals surface area contributed by atoms with E-state index in [0.29, 0.717) is 12.1 Å². The first-order valence-electron chi connectivity index (χ1n) is 9.90. The molecule has 0 bridgehead atoms. The van der Waals surface area contributed by atoms with Crippen molar-refractivity contribution in [2.75, 3.05) is 19.6 Å². The van der Waals surface area contributed by atoms with Crippen LogP contribution in [-0.4, -0.2) is 35.4 Å². The molecule has 0 amide bonds. The number of Topliss-reactive ketones (excluding diaryl/α,β-unsaturated/α-hetero) is 1. The standard InChI is InChI=1S/C15H19NO2.C6H6S.C2H6/c17-14-6-4-11(5-7-14)15(18)10-16-8-12-2-1-3-13(12)9-16;7-6-4-2-1-3-5-6;1-2/h4-7,12-13,17H,1-3,8-10H2;1-5,7H;1-2H3/t12-,13+;;. The third-order valence-electron chi connectivity index (χ3n) is 5.11. The van der Waals surface area contributed by atoms with Gasteiger partial charge in [-0.05, 0) is 61.1 Å². The van der Waals surface area contributed by atoms with Crippen molar-refractivity contribution in [2.24, 2.45) is 11.8 Å². The Morgan fingerprint density at radius 3 is 2.04 bits per heavy atom. The molecule has 4 rings (SSSR count). The summed E-state index contributed by atoms with van der Waals surface area (Å²) in [5.74, 6) is 2.03. The van der Waals surface area contributed by atoms with Crippen LogP contribution in [0.5, 0.6) is 5.75 Å². The van der Waals surface area contributed by atoms with Gasteiger partial charge in [-0.2, -0.15) is 0 Å². The van der Waals surface area contributed by atoms with Crippen molar-refractivity contribution < 1.29 is 9.90 Å². The maximum absolute atomic E-state index is 12.1. The Morgan fingerprint density at radius 1 is 1.00 bits per heavy atom. The molecular weight excluding hydrogens is 354 g/mol. The van der Waals surface area contributed by atoms with E-state index < -0.39 is 0 Å². The van der Waals surface area contributed by atoms with E-state index in [1.54, 1.807) is 24.3 Å². The van der Waals surface area contributed by atoms with E-state index in [9.17, 15) is 9.90 Å². The van der Waals surface area contributed by atoms with Crippen LogP contribution >= 0.6 is 12.6 Å². The minimum Gasteiger partial charge on any atom is -0.508 e. The Morgan fingerprint density at radius 2 is 1.56 bits per heavy atom. The van der Waals surface area contributed by atoms with Crippen molar-refractivity contribution in [3.8, 4) is 5.75 Å². The average molecular weight is 386 g/mol. The molecule has 146 valence electrons. The first kappa shape index (κ1) is 21.5. The predicted octanol–water partition coefficient (Wildman–Crippen LogP) is 5.31. The van der Waals surface area contributed by atoms with Gasteiger partial charge in [0.2, 0.25) is 0 Å². The molecule has 4 heteroatoms. The van der Waals surface area contributed by atoms with Gasteiger partial charge in [0, 0.05) is 23.5 Å². The number of carbonyl (C=O) groups excluding carboxylic acids is 1. The van der Waals surface area contributed by atoms with E-state index in [2.05, 4.69) is 17.5 Å². The summed E-state index contributed by atoms with van der Waals surface area (Å²) >= 11 is 4.08. The molecule has 2 fully saturated rings. The van der Waals surface area contributed by atoms with Gasteiger partial charge in [0.25, 0.3) is 0 Å². The molecule has 2 aromatic rings. The van der Waals surface area contributed by atoms with Gasteiger partial charge in [0.15, 0.2) is 5.78 Å². The number of phenols is 1. The summed E-state index contributed by atoms with van der Waals surface area (Å²) in [5.41, 5.74) is 0.699. The van der Waals surface area contributed by atoms with Crippen LogP contribution in [0.3, 0.4) is 0 Å². The lowest BCUT2D eigenvalue weighted by atomic mass is 10.0. The molecule has 0 spiro atoms. The Balaban J connectivity index is 0.000000244. The van der Waals surface area contributed by atoms with Gasteiger partial charge in [-0.25, -0.2) is 0 Å². The maximum atomic E-state index is 12.1. The molecule has 1 N–H and O–H groups in total. The van der Waals surface area contributed by atoms with E-state index in [4.69, 9.17) is 0 Å². The largest absolute Gasteiger partial charge is 0.508 e. The van der Waals surface area contributed by atoms with Crippen LogP contribution in [0.4, 0.5) is 0 Å². The molecule has 1 saturated heterocycles. The minimum atomic E-state index is 0.162. The van der Waals surface area contributed by atoms with Gasteiger partial charge in [-0.3, -0.25) is 9.69 Å². The summed E-state index contributed by atoms with van der Waals surface area (Å²) in [6.07, 6.45) is 4.05. The van der Waals surface area contributed by atoms with Crippen LogP contribution in [0, 0.1) is 11.8 Å². The highest BCUT2D eigenvalue weighted by molar-refractivity contribution is 7.80. The van der Waals surface area contributed by atoms with Crippen LogP contribution in [0.15, 0.2) is 59.5 Å². The quantitative estimate of drug-likeness (QED) is 0.556. The van der Waals surface area contributed by atoms with Crippen molar-refractivity contribution in [1.29, 1.82) is 0 Å². The van der Waals surface area contributed by atoms with Crippen LogP contribution in [-0.2, 0) is 0 Å². The van der Waals surface area contributed by atoms with Gasteiger partial charge < -0.3 is 5.11 Å². The molecule has 2 aliphatic rings. The second-order valence-corrected chi connectivity index (χ2v) is 7.47. The number of rotatable bonds is 3. The molecule has 0 radical (unpaired) electrons. The van der Waals surface area contributed by atoms with Crippen LogP contribution in [0.2, 0.25) is 0 Å². The number of nitrogens with zero attached hydrogens (tertiary/aromatic N) is 1. The normalized spacial score (nSPS) is 20.7. The number of fused-ring (bicyclic) bond motifs is 1. The summed E-state index contributed by atoms with van der Waals surface area (Å²) in [7, 11) is 0. The van der Waals surface area contributed by atoms with Gasteiger partial charge in [-0.15, -0.1) is 12.6 Å². The third kappa shape index (κ3) is 6.71. The molecule has 1 heterocycles. The molecule has 0 aromatic heterocycles. The van der Waals surface area contributed by atoms with Gasteiger partial charge in [-0.1, -0.05) is 38.5 Å². The fourth-order valence-electron chi connectivity index (χ4n) is 3.83. The zero-order valence-corrected chi connectivity index (χ0v) is 17.2. The number of carbonyl (C=O) groups is 1. The van der Waals surface area contributed by atoms with E-state index in [0.717, 1.165) is 29.8 Å². The molecule has 2 aromatic carbocycles. The molecule has 1 aliphatic carbocycles. The Labute approximate surface area is 168 Å². The molecular formula is C23H31NO2S. The number of thiol groups is 1. The van der Waals surface area contributed by atoms with E-state index in [1.165, 1.54) is 19.3 Å². The van der Waals surface area contributed by atoms with Crippen molar-refractivity contribution in [3.63, 3.8) is 0 Å². The fraction of sp³-hybridized carbons (Fsp3) is 0.435. The average Bonchev–Trinajstić information content (AvgIpc) is 3.27. The van der Waals surface area contributed by atoms with Crippen molar-refractivity contribution >= 4 is 18.4 Å². The van der Waals surface area contributed by atoms with Gasteiger partial charge >= 0.3 is 0 Å². The van der Waals surface area contributed by atoms with Crippen molar-refractivity contribution in [2.45, 2.75) is 38.0 Å². The second kappa shape index (κ2) is 11.2. The monoisotopic (exact) mass is 385 g/mol. The molecule has 1 saturated carbocycles. The number of benzene rings is 2. The Bertz CT molecular complexity index is 675. The zero-order chi connectivity index (χ0) is 19.6. The number of hydrogen-bond donors (Lipinski definition) is 2. The lowest BCUT2D eigenvalue weighted by molar-refractivity contribution is 0.0941. The van der Waals surface area contributed by atoms with Gasteiger partial charge in [0.1, 0.15) is 5.75 Å². The highest BCUT2D eigenvalue weighted by Crippen LogP contribution is 2.37. The zero-order valence-electron chi connectivity index (χ0n) is 16.3. The third-order valence-corrected chi connectivity index (χ3v) is 5.41. The van der Waals surface area contributed by atoms with E-state index in [-0.39, 0.29) is 11.5 Å². The fourth-order valence-corrected chi connectivity index (χ4v) is 4.00. The lowest BCUT2D eigenvalue weighted by Gasteiger charge is -2.15. The molecule has 1 aliphatic heterocycles. The van der Waals surface area contributed by atoms with Crippen molar-refractivity contribution in [1.82, 2.24) is 4.90 Å². The molecule has 2 atom stereocenters. The van der Waals surface area contributed by atoms with Crippen LogP contribution in [0.25, 0.3) is 0 Å². The topological polar surface area (TPSA) is 40.5 Å². The highest BCUT2D eigenvalue weighted by Gasteiger charge is 2.36. The first-order chi connectivity index (χ1) is 13.1. The highest BCUT2D eigenvalue weighted by atomic mass is 32.1. The Kier molecular flexibility index (Phi) is 8.89. The van der Waals surface area contributed by atoms with E-state index >= 15 is 0 Å². The summed E-state index contributed by atoms with van der Waals surface area (Å²) in [5, 5.41) is 9.21.